The zero-order chi connectivity index (χ0) is 19.4. The summed E-state index contributed by atoms with van der Waals surface area (Å²) in [5.41, 5.74) is 13.3. The Balaban J connectivity index is 1.81. The summed E-state index contributed by atoms with van der Waals surface area (Å²) < 4.78 is 1.98. The number of amides is 1. The zero-order valence-electron chi connectivity index (χ0n) is 16.0. The standard InChI is InChI=1S/C23H22N4O/c1-13-5-3-4-6-17(13)20-18-11-16(15-7-8-15)9-10-19(18)27-12-25-21(23(24)28)22(27)14(2)26-20/h3-6,9-12,14-15H,7-8H2,1-2H3,(H2,24,28). The number of aryl methyl sites for hydroxylation is 1. The van der Waals surface area contributed by atoms with Gasteiger partial charge < -0.3 is 5.73 Å². The highest BCUT2D eigenvalue weighted by Gasteiger charge is 2.30. The fraction of sp³-hybridized carbons (Fsp3) is 0.261. The Labute approximate surface area is 163 Å². The maximum Gasteiger partial charge on any atom is 0.269 e. The lowest BCUT2D eigenvalue weighted by atomic mass is 9.94. The second kappa shape index (κ2) is 6.16. The molecule has 2 aliphatic rings. The number of imidazole rings is 1. The first kappa shape index (κ1) is 16.9. The van der Waals surface area contributed by atoms with Crippen LogP contribution in [0.1, 0.15) is 70.2 Å². The first-order valence-electron chi connectivity index (χ1n) is 9.70. The molecule has 0 radical (unpaired) electrons. The average Bonchev–Trinajstić information content (AvgIpc) is 3.45. The van der Waals surface area contributed by atoms with Gasteiger partial charge in [-0.1, -0.05) is 30.3 Å². The SMILES string of the molecule is Cc1ccccc1C1=NC(C)c2c(C(N)=O)ncn2-c2ccc(C3CC3)cc21. The predicted molar refractivity (Wildman–Crippen MR) is 109 cm³/mol. The van der Waals surface area contributed by atoms with Crippen molar-refractivity contribution < 1.29 is 4.79 Å². The fourth-order valence-electron chi connectivity index (χ4n) is 4.14. The molecule has 2 N–H and O–H groups in total. The minimum atomic E-state index is -0.522. The van der Waals surface area contributed by atoms with E-state index in [4.69, 9.17) is 10.7 Å². The first-order valence-corrected chi connectivity index (χ1v) is 9.70. The first-order chi connectivity index (χ1) is 13.5. The number of nitrogens with zero attached hydrogens (tertiary/aromatic N) is 3. The van der Waals surface area contributed by atoms with Gasteiger partial charge in [0.15, 0.2) is 5.69 Å². The molecule has 28 heavy (non-hydrogen) atoms. The molecule has 0 bridgehead atoms. The van der Waals surface area contributed by atoms with Crippen molar-refractivity contribution in [2.24, 2.45) is 10.7 Å². The Kier molecular flexibility index (Phi) is 3.72. The second-order valence-electron chi connectivity index (χ2n) is 7.73. The number of carbonyl (C=O) groups excluding carboxylic acids is 1. The number of carbonyl (C=O) groups is 1. The number of aromatic nitrogens is 2. The van der Waals surface area contributed by atoms with E-state index in [1.54, 1.807) is 6.33 Å². The summed E-state index contributed by atoms with van der Waals surface area (Å²) in [6.45, 7) is 4.10. The van der Waals surface area contributed by atoms with Gasteiger partial charge in [-0.2, -0.15) is 0 Å². The average molecular weight is 370 g/mol. The molecule has 5 heteroatoms. The minimum Gasteiger partial charge on any atom is -0.364 e. The number of fused-ring (bicyclic) bond motifs is 3. The summed E-state index contributed by atoms with van der Waals surface area (Å²) >= 11 is 0. The van der Waals surface area contributed by atoms with Gasteiger partial charge in [-0.3, -0.25) is 14.4 Å². The Hall–Kier alpha value is -3.21. The van der Waals surface area contributed by atoms with E-state index >= 15 is 0 Å². The number of hydrogen-bond donors (Lipinski definition) is 1. The highest BCUT2D eigenvalue weighted by molar-refractivity contribution is 6.16. The summed E-state index contributed by atoms with van der Waals surface area (Å²) in [7, 11) is 0. The summed E-state index contributed by atoms with van der Waals surface area (Å²) in [6, 6.07) is 14.7. The third-order valence-corrected chi connectivity index (χ3v) is 5.74. The maximum atomic E-state index is 12.0. The lowest BCUT2D eigenvalue weighted by Crippen LogP contribution is -2.15. The summed E-state index contributed by atoms with van der Waals surface area (Å²) in [6.07, 6.45) is 4.18. The van der Waals surface area contributed by atoms with Crippen LogP contribution >= 0.6 is 0 Å². The van der Waals surface area contributed by atoms with E-state index in [1.165, 1.54) is 24.0 Å². The predicted octanol–water partition coefficient (Wildman–Crippen LogP) is 4.07. The number of rotatable bonds is 3. The van der Waals surface area contributed by atoms with Crippen LogP contribution in [0.2, 0.25) is 0 Å². The molecule has 1 aliphatic heterocycles. The largest absolute Gasteiger partial charge is 0.364 e. The van der Waals surface area contributed by atoms with Crippen LogP contribution in [-0.2, 0) is 0 Å². The van der Waals surface area contributed by atoms with E-state index < -0.39 is 5.91 Å². The number of benzene rings is 2. The van der Waals surface area contributed by atoms with Gasteiger partial charge >= 0.3 is 0 Å². The van der Waals surface area contributed by atoms with Crippen molar-refractivity contribution >= 4 is 11.6 Å². The van der Waals surface area contributed by atoms with Gasteiger partial charge in [-0.05, 0) is 55.9 Å². The molecular formula is C23H22N4O. The number of primary amides is 1. The molecule has 2 heterocycles. The van der Waals surface area contributed by atoms with E-state index in [9.17, 15) is 4.79 Å². The van der Waals surface area contributed by atoms with E-state index in [-0.39, 0.29) is 6.04 Å². The number of nitrogens with two attached hydrogens (primary N) is 1. The zero-order valence-corrected chi connectivity index (χ0v) is 16.0. The lowest BCUT2D eigenvalue weighted by Gasteiger charge is -2.15. The molecule has 0 saturated heterocycles. The molecule has 1 amide bonds. The van der Waals surface area contributed by atoms with Crippen molar-refractivity contribution in [1.29, 1.82) is 0 Å². The Morgan fingerprint density at radius 1 is 1.14 bits per heavy atom. The fourth-order valence-corrected chi connectivity index (χ4v) is 4.14. The molecule has 1 aliphatic carbocycles. The van der Waals surface area contributed by atoms with Crippen LogP contribution in [0, 0.1) is 6.92 Å². The van der Waals surface area contributed by atoms with Gasteiger partial charge in [0.1, 0.15) is 6.33 Å². The Morgan fingerprint density at radius 2 is 1.93 bits per heavy atom. The van der Waals surface area contributed by atoms with Gasteiger partial charge in [0.2, 0.25) is 0 Å². The van der Waals surface area contributed by atoms with E-state index in [1.807, 2.05) is 23.6 Å². The summed E-state index contributed by atoms with van der Waals surface area (Å²) in [4.78, 5) is 21.3. The van der Waals surface area contributed by atoms with Gasteiger partial charge in [0.25, 0.3) is 5.91 Å². The smallest absolute Gasteiger partial charge is 0.269 e. The molecule has 1 fully saturated rings. The van der Waals surface area contributed by atoms with E-state index in [2.05, 4.69) is 42.2 Å². The van der Waals surface area contributed by atoms with Crippen LogP contribution < -0.4 is 5.73 Å². The van der Waals surface area contributed by atoms with Crippen LogP contribution in [-0.4, -0.2) is 21.2 Å². The summed E-state index contributed by atoms with van der Waals surface area (Å²) in [5.74, 6) is 0.124. The van der Waals surface area contributed by atoms with Gasteiger partial charge in [-0.15, -0.1) is 0 Å². The second-order valence-corrected chi connectivity index (χ2v) is 7.73. The van der Waals surface area contributed by atoms with Gasteiger partial charge in [0, 0.05) is 11.1 Å². The van der Waals surface area contributed by atoms with E-state index in [0.717, 1.165) is 28.2 Å². The number of hydrogen-bond acceptors (Lipinski definition) is 3. The maximum absolute atomic E-state index is 12.0. The Morgan fingerprint density at radius 3 is 2.64 bits per heavy atom. The molecule has 5 nitrogen and oxygen atoms in total. The van der Waals surface area contributed by atoms with E-state index in [0.29, 0.717) is 11.6 Å². The van der Waals surface area contributed by atoms with Crippen molar-refractivity contribution in [2.45, 2.75) is 38.6 Å². The molecule has 140 valence electrons. The molecule has 1 unspecified atom stereocenters. The van der Waals surface area contributed by atoms with Crippen LogP contribution in [0.15, 0.2) is 53.8 Å². The van der Waals surface area contributed by atoms with Crippen LogP contribution in [0.4, 0.5) is 0 Å². The topological polar surface area (TPSA) is 73.3 Å². The van der Waals surface area contributed by atoms with Gasteiger partial charge in [-0.25, -0.2) is 4.98 Å². The van der Waals surface area contributed by atoms with Crippen LogP contribution in [0.3, 0.4) is 0 Å². The molecular weight excluding hydrogens is 348 g/mol. The molecule has 0 spiro atoms. The van der Waals surface area contributed by atoms with Crippen molar-refractivity contribution in [2.75, 3.05) is 0 Å². The molecule has 5 rings (SSSR count). The highest BCUT2D eigenvalue weighted by Crippen LogP contribution is 2.42. The van der Waals surface area contributed by atoms with Crippen molar-refractivity contribution in [3.05, 3.63) is 82.4 Å². The van der Waals surface area contributed by atoms with Crippen LogP contribution in [0.5, 0.6) is 0 Å². The highest BCUT2D eigenvalue weighted by atomic mass is 16.1. The normalized spacial score (nSPS) is 18.1. The molecule has 1 aromatic heterocycles. The third-order valence-electron chi connectivity index (χ3n) is 5.74. The minimum absolute atomic E-state index is 0.239. The number of aliphatic imine (C=N–C) groups is 1. The van der Waals surface area contributed by atoms with Crippen molar-refractivity contribution in [3.8, 4) is 5.69 Å². The third kappa shape index (κ3) is 2.58. The lowest BCUT2D eigenvalue weighted by molar-refractivity contribution is 0.0994. The van der Waals surface area contributed by atoms with Crippen molar-refractivity contribution in [1.82, 2.24) is 9.55 Å². The monoisotopic (exact) mass is 370 g/mol. The molecule has 3 aromatic rings. The molecule has 1 atom stereocenters. The Bertz CT molecular complexity index is 1140. The molecule has 2 aromatic carbocycles. The molecule has 1 saturated carbocycles. The quantitative estimate of drug-likeness (QED) is 0.755. The summed E-state index contributed by atoms with van der Waals surface area (Å²) in [5, 5.41) is 0. The van der Waals surface area contributed by atoms with Crippen molar-refractivity contribution in [3.63, 3.8) is 0 Å². The van der Waals surface area contributed by atoms with Gasteiger partial charge in [0.05, 0.1) is 23.1 Å². The van der Waals surface area contributed by atoms with Crippen LogP contribution in [0.25, 0.3) is 5.69 Å².